The summed E-state index contributed by atoms with van der Waals surface area (Å²) in [5.74, 6) is -2.75. The van der Waals surface area contributed by atoms with Crippen LogP contribution in [0.3, 0.4) is 0 Å². The van der Waals surface area contributed by atoms with E-state index >= 15 is 0 Å². The van der Waals surface area contributed by atoms with Gasteiger partial charge in [0.2, 0.25) is 0 Å². The fourth-order valence-electron chi connectivity index (χ4n) is 11.0. The Hall–Kier alpha value is -9.04. The van der Waals surface area contributed by atoms with Gasteiger partial charge in [0, 0.05) is 99.2 Å². The number of anilines is 3. The van der Waals surface area contributed by atoms with Gasteiger partial charge in [-0.25, -0.2) is 57.5 Å². The highest BCUT2D eigenvalue weighted by Gasteiger charge is 2.39. The Morgan fingerprint density at radius 2 is 0.889 bits per heavy atom. The zero-order chi connectivity index (χ0) is 65.7. The molecule has 6 heterocycles. The van der Waals surface area contributed by atoms with Crippen molar-refractivity contribution in [1.82, 2.24) is 55.7 Å². The molecule has 0 radical (unpaired) electrons. The number of carboxylic acids is 1. The molecule has 6 aromatic rings. The smallest absolute Gasteiger partial charge is 0.410 e. The second kappa shape index (κ2) is 31.9. The molecule has 0 bridgehead atoms. The number of halogens is 3. The number of nitrogen functional groups attached to an aromatic ring is 3. The quantitative estimate of drug-likeness (QED) is 0.0606. The SMILES string of the molecule is CC(C)(C)OC(=O)N1CCCC(CN)(c2cccc(F)c2)CC1.CC(C)(C)OC(=O)N1CCCC(CNC(=O)c2nccnc2N)(c2cccc(F)c2)CC1.Nc1nccnc1C(=O)NCC1(c2cccc(F)c2)CCCNCC1.Nc1nccnc1C(=O)O. The van der Waals surface area contributed by atoms with Crippen LogP contribution in [-0.2, 0) is 25.7 Å². The van der Waals surface area contributed by atoms with Crippen LogP contribution in [0.4, 0.5) is 40.2 Å². The second-order valence-corrected chi connectivity index (χ2v) is 24.4. The number of hydrogen-bond acceptors (Lipinski definition) is 18. The van der Waals surface area contributed by atoms with E-state index in [9.17, 15) is 37.1 Å². The summed E-state index contributed by atoms with van der Waals surface area (Å²) in [5, 5.41) is 17.6. The summed E-state index contributed by atoms with van der Waals surface area (Å²) in [6.07, 6.45) is 14.5. The lowest BCUT2D eigenvalue weighted by molar-refractivity contribution is 0.0243. The van der Waals surface area contributed by atoms with Gasteiger partial charge >= 0.3 is 18.2 Å². The first kappa shape index (κ1) is 70.1. The van der Waals surface area contributed by atoms with Crippen LogP contribution in [0.2, 0.25) is 0 Å². The molecule has 484 valence electrons. The highest BCUT2D eigenvalue weighted by molar-refractivity contribution is 5.97. The van der Waals surface area contributed by atoms with Gasteiger partial charge < -0.3 is 63.3 Å². The first-order valence-corrected chi connectivity index (χ1v) is 29.8. The van der Waals surface area contributed by atoms with Crippen molar-refractivity contribution >= 4 is 47.4 Å². The number of ether oxygens (including phenoxy) is 2. The molecule has 3 unspecified atom stereocenters. The number of nitrogens with two attached hydrogens (primary N) is 4. The topological polar surface area (TPSA) is 348 Å². The number of likely N-dealkylation sites (tertiary alicyclic amines) is 2. The van der Waals surface area contributed by atoms with E-state index in [0.29, 0.717) is 65.0 Å². The first-order valence-electron chi connectivity index (χ1n) is 29.8. The number of carbonyl (C=O) groups excluding carboxylic acids is 4. The van der Waals surface area contributed by atoms with Crippen LogP contribution in [0.25, 0.3) is 0 Å². The molecule has 3 atom stereocenters. The van der Waals surface area contributed by atoms with Gasteiger partial charge in [-0.1, -0.05) is 36.4 Å². The molecule has 3 aromatic carbocycles. The van der Waals surface area contributed by atoms with Gasteiger partial charge in [-0.3, -0.25) is 9.59 Å². The average molecular weight is 1250 g/mol. The van der Waals surface area contributed by atoms with Crippen molar-refractivity contribution in [2.45, 2.75) is 127 Å². The van der Waals surface area contributed by atoms with E-state index in [4.69, 9.17) is 37.5 Å². The van der Waals surface area contributed by atoms with Gasteiger partial charge in [0.1, 0.15) is 28.7 Å². The number of nitrogens with one attached hydrogen (secondary N) is 3. The molecular formula is C64H84F3N15O8. The molecule has 90 heavy (non-hydrogen) atoms. The zero-order valence-electron chi connectivity index (χ0n) is 51.9. The number of carboxylic acid groups (broad SMARTS) is 1. The Balaban J connectivity index is 0.000000202. The zero-order valence-corrected chi connectivity index (χ0v) is 51.9. The van der Waals surface area contributed by atoms with Gasteiger partial charge in [-0.2, -0.15) is 0 Å². The standard InChI is InChI=1S/C23H30FN5O3.C18H22FN5O.C18H27FN2O2.C5H5N3O2/c1-22(2,3)32-21(31)29-12-5-8-23(9-13-29,16-6-4-7-17(24)14-16)15-28-20(30)18-19(25)27-11-10-26-18;19-14-4-1-3-13(11-14)18(5-2-7-21-8-6-18)12-24-17(25)15-16(20)23-10-9-22-15;1-17(2,3)23-16(22)21-10-5-8-18(13-20,9-11-21)14-6-4-7-15(19)12-14;6-4-3(5(9)10)7-1-2-8-4/h4,6-7,10-11,14H,5,8-9,12-13,15H2,1-3H3,(H2,25,27)(H,28,30);1,3-4,9-11,21H,2,5-8,12H2,(H2,20,23)(H,24,25);4,6-7,12H,5,8-11,13,20H2,1-3H3;1-2H,(H2,6,8)(H,9,10). The van der Waals surface area contributed by atoms with Crippen molar-refractivity contribution in [3.8, 4) is 0 Å². The van der Waals surface area contributed by atoms with Crippen LogP contribution >= 0.6 is 0 Å². The lowest BCUT2D eigenvalue weighted by atomic mass is 9.74. The van der Waals surface area contributed by atoms with Crippen LogP contribution in [0, 0.1) is 17.5 Å². The van der Waals surface area contributed by atoms with E-state index in [1.807, 2.05) is 59.7 Å². The summed E-state index contributed by atoms with van der Waals surface area (Å²) in [5.41, 5.74) is 23.0. The molecule has 26 heteroatoms. The molecule has 4 amide bonds. The highest BCUT2D eigenvalue weighted by Crippen LogP contribution is 2.38. The number of carbonyl (C=O) groups is 5. The van der Waals surface area contributed by atoms with E-state index in [1.165, 1.54) is 61.4 Å². The summed E-state index contributed by atoms with van der Waals surface area (Å²) >= 11 is 0. The Labute approximate surface area is 522 Å². The maximum absolute atomic E-state index is 14.1. The van der Waals surface area contributed by atoms with Gasteiger partial charge in [0.15, 0.2) is 34.5 Å². The van der Waals surface area contributed by atoms with Gasteiger partial charge in [0.05, 0.1) is 0 Å². The highest BCUT2D eigenvalue weighted by atomic mass is 19.1. The summed E-state index contributed by atoms with van der Waals surface area (Å²) in [6.45, 7) is 16.1. The molecule has 0 aliphatic carbocycles. The van der Waals surface area contributed by atoms with Crippen LogP contribution < -0.4 is 38.9 Å². The van der Waals surface area contributed by atoms with Crippen molar-refractivity contribution in [2.75, 3.05) is 76.1 Å². The van der Waals surface area contributed by atoms with E-state index in [2.05, 4.69) is 45.9 Å². The Bertz CT molecular complexity index is 3380. The minimum absolute atomic E-state index is 0.0433. The normalized spacial score (nSPS) is 19.4. The van der Waals surface area contributed by atoms with Crippen molar-refractivity contribution in [2.24, 2.45) is 5.73 Å². The minimum Gasteiger partial charge on any atom is -0.476 e. The fraction of sp³-hybridized carbons (Fsp3) is 0.453. The average Bonchev–Trinajstić information content (AvgIpc) is 1.43. The van der Waals surface area contributed by atoms with Crippen LogP contribution in [0.1, 0.15) is 147 Å². The number of aromatic carboxylic acids is 1. The largest absolute Gasteiger partial charge is 0.476 e. The molecule has 0 spiro atoms. The molecule has 3 fully saturated rings. The maximum Gasteiger partial charge on any atom is 0.410 e. The minimum atomic E-state index is -1.16. The molecule has 0 saturated carbocycles. The molecular weight excluding hydrogens is 1160 g/mol. The lowest BCUT2D eigenvalue weighted by Gasteiger charge is -2.34. The van der Waals surface area contributed by atoms with E-state index in [-0.39, 0.29) is 87.5 Å². The summed E-state index contributed by atoms with van der Waals surface area (Å²) < 4.78 is 52.4. The maximum atomic E-state index is 14.1. The van der Waals surface area contributed by atoms with Crippen LogP contribution in [-0.4, -0.2) is 145 Å². The predicted molar refractivity (Wildman–Crippen MR) is 334 cm³/mol. The molecule has 9 rings (SSSR count). The third kappa shape index (κ3) is 20.2. The number of benzene rings is 3. The number of nitrogens with zero attached hydrogens (tertiary/aromatic N) is 8. The van der Waals surface area contributed by atoms with Crippen molar-refractivity contribution in [3.05, 3.63) is 161 Å². The molecule has 3 aromatic heterocycles. The second-order valence-electron chi connectivity index (χ2n) is 24.4. The number of rotatable bonds is 11. The molecule has 3 aliphatic rings. The predicted octanol–water partition coefficient (Wildman–Crippen LogP) is 8.13. The Morgan fingerprint density at radius 1 is 0.522 bits per heavy atom. The number of aromatic nitrogens is 6. The Kier molecular flexibility index (Phi) is 24.8. The third-order valence-electron chi connectivity index (χ3n) is 15.7. The fourth-order valence-corrected chi connectivity index (χ4v) is 11.0. The first-order chi connectivity index (χ1) is 42.7. The van der Waals surface area contributed by atoms with E-state index in [0.717, 1.165) is 61.9 Å². The van der Waals surface area contributed by atoms with Crippen molar-refractivity contribution in [3.63, 3.8) is 0 Å². The summed E-state index contributed by atoms with van der Waals surface area (Å²) in [7, 11) is 0. The number of amides is 4. The van der Waals surface area contributed by atoms with Gasteiger partial charge in [-0.15, -0.1) is 0 Å². The monoisotopic (exact) mass is 1250 g/mol. The van der Waals surface area contributed by atoms with E-state index < -0.39 is 28.5 Å². The number of hydrogen-bond donors (Lipinski definition) is 8. The van der Waals surface area contributed by atoms with E-state index in [1.54, 1.807) is 40.1 Å². The summed E-state index contributed by atoms with van der Waals surface area (Å²) in [4.78, 5) is 86.5. The van der Waals surface area contributed by atoms with Crippen molar-refractivity contribution < 1.29 is 51.7 Å². The van der Waals surface area contributed by atoms with Gasteiger partial charge in [0.25, 0.3) is 11.8 Å². The molecule has 23 nitrogen and oxygen atoms in total. The third-order valence-corrected chi connectivity index (χ3v) is 15.7. The van der Waals surface area contributed by atoms with Crippen molar-refractivity contribution in [1.29, 1.82) is 0 Å². The van der Waals surface area contributed by atoms with Gasteiger partial charge in [-0.05, 0) is 166 Å². The van der Waals surface area contributed by atoms with Crippen LogP contribution in [0.5, 0.6) is 0 Å². The molecule has 12 N–H and O–H groups in total. The Morgan fingerprint density at radius 3 is 1.27 bits per heavy atom. The lowest BCUT2D eigenvalue weighted by Crippen LogP contribution is -2.43. The molecule has 3 saturated heterocycles. The summed E-state index contributed by atoms with van der Waals surface area (Å²) in [6, 6.07) is 19.7. The van der Waals surface area contributed by atoms with Crippen LogP contribution in [0.15, 0.2) is 110 Å². The molecule has 3 aliphatic heterocycles.